The van der Waals surface area contributed by atoms with E-state index in [1.807, 2.05) is 60.7 Å². The van der Waals surface area contributed by atoms with Gasteiger partial charge in [-0.25, -0.2) is 4.67 Å². The van der Waals surface area contributed by atoms with Crippen LogP contribution in [0.1, 0.15) is 12.5 Å². The fourth-order valence-electron chi connectivity index (χ4n) is 2.41. The topological polar surface area (TPSA) is 46.6 Å². The van der Waals surface area contributed by atoms with Gasteiger partial charge in [-0.05, 0) is 18.9 Å². The van der Waals surface area contributed by atoms with Gasteiger partial charge in [-0.15, -0.1) is 0 Å². The zero-order chi connectivity index (χ0) is 16.7. The summed E-state index contributed by atoms with van der Waals surface area (Å²) in [6, 6.07) is 18.7. The van der Waals surface area contributed by atoms with Crippen molar-refractivity contribution in [2.45, 2.75) is 19.4 Å². The highest BCUT2D eigenvalue weighted by Gasteiger charge is 2.26. The molecule has 122 valence electrons. The molecule has 0 spiro atoms. The van der Waals surface area contributed by atoms with Crippen molar-refractivity contribution < 1.29 is 14.1 Å². The smallest absolute Gasteiger partial charge is 0.323 e. The number of rotatable bonds is 7. The van der Waals surface area contributed by atoms with E-state index in [0.29, 0.717) is 6.54 Å². The van der Waals surface area contributed by atoms with Crippen LogP contribution in [0.5, 0.6) is 0 Å². The number of nitrogens with zero attached hydrogens (tertiary/aromatic N) is 1. The van der Waals surface area contributed by atoms with E-state index in [-0.39, 0.29) is 5.97 Å². The minimum absolute atomic E-state index is 0.368. The molecule has 23 heavy (non-hydrogen) atoms. The largest absolute Gasteiger partial charge is 0.468 e. The molecule has 0 fully saturated rings. The highest BCUT2D eigenvalue weighted by atomic mass is 31.1. The van der Waals surface area contributed by atoms with Gasteiger partial charge in [-0.3, -0.25) is 4.79 Å². The molecular formula is C18H22NO3P. The SMILES string of the molecule is COC(=O)C(C)N(CCc1ccccc1)[PH](=O)c1ccccc1. The van der Waals surface area contributed by atoms with Gasteiger partial charge in [0, 0.05) is 11.8 Å². The minimum Gasteiger partial charge on any atom is -0.468 e. The van der Waals surface area contributed by atoms with E-state index in [0.717, 1.165) is 17.3 Å². The van der Waals surface area contributed by atoms with Gasteiger partial charge in [0.05, 0.1) is 7.11 Å². The Kier molecular flexibility index (Phi) is 6.57. The molecule has 2 aromatic carbocycles. The van der Waals surface area contributed by atoms with Crippen molar-refractivity contribution in [3.8, 4) is 0 Å². The van der Waals surface area contributed by atoms with Crippen molar-refractivity contribution in [1.29, 1.82) is 0 Å². The van der Waals surface area contributed by atoms with Crippen LogP contribution in [0.4, 0.5) is 0 Å². The maximum atomic E-state index is 12.9. The second-order valence-electron chi connectivity index (χ2n) is 5.30. The zero-order valence-electron chi connectivity index (χ0n) is 13.4. The van der Waals surface area contributed by atoms with Crippen LogP contribution in [-0.4, -0.2) is 30.3 Å². The molecule has 2 aromatic rings. The Morgan fingerprint density at radius 1 is 1.09 bits per heavy atom. The van der Waals surface area contributed by atoms with E-state index in [2.05, 4.69) is 0 Å². The van der Waals surface area contributed by atoms with Gasteiger partial charge in [0.2, 0.25) is 0 Å². The van der Waals surface area contributed by atoms with Crippen LogP contribution in [0.3, 0.4) is 0 Å². The van der Waals surface area contributed by atoms with Crippen molar-refractivity contribution in [3.05, 3.63) is 66.2 Å². The van der Waals surface area contributed by atoms with E-state index in [1.54, 1.807) is 11.6 Å². The highest BCUT2D eigenvalue weighted by Crippen LogP contribution is 2.29. The molecule has 0 radical (unpaired) electrons. The van der Waals surface area contributed by atoms with E-state index in [1.165, 1.54) is 7.11 Å². The lowest BCUT2D eigenvalue weighted by molar-refractivity contribution is -0.144. The third-order valence-corrected chi connectivity index (χ3v) is 5.74. The van der Waals surface area contributed by atoms with Crippen molar-refractivity contribution in [1.82, 2.24) is 4.67 Å². The Hall–Kier alpha value is -1.90. The van der Waals surface area contributed by atoms with Crippen LogP contribution in [0, 0.1) is 0 Å². The van der Waals surface area contributed by atoms with Crippen molar-refractivity contribution in [2.75, 3.05) is 13.7 Å². The molecule has 0 N–H and O–H groups in total. The quantitative estimate of drug-likeness (QED) is 0.578. The Labute approximate surface area is 137 Å². The number of hydrogen-bond donors (Lipinski definition) is 0. The number of ether oxygens (including phenoxy) is 1. The molecule has 0 saturated carbocycles. The van der Waals surface area contributed by atoms with Crippen LogP contribution < -0.4 is 5.30 Å². The lowest BCUT2D eigenvalue weighted by Gasteiger charge is -2.26. The summed E-state index contributed by atoms with van der Waals surface area (Å²) in [5.41, 5.74) is 1.15. The monoisotopic (exact) mass is 331 g/mol. The summed E-state index contributed by atoms with van der Waals surface area (Å²) < 4.78 is 19.5. The summed E-state index contributed by atoms with van der Waals surface area (Å²) in [4.78, 5) is 11.9. The lowest BCUT2D eigenvalue weighted by Crippen LogP contribution is -2.37. The molecule has 0 aromatic heterocycles. The van der Waals surface area contributed by atoms with Gasteiger partial charge in [-0.1, -0.05) is 60.7 Å². The third kappa shape index (κ3) is 4.78. The van der Waals surface area contributed by atoms with Gasteiger partial charge in [0.1, 0.15) is 6.04 Å². The second-order valence-corrected chi connectivity index (χ2v) is 7.06. The Morgan fingerprint density at radius 3 is 2.22 bits per heavy atom. The molecule has 0 aliphatic rings. The van der Waals surface area contributed by atoms with Crippen LogP contribution >= 0.6 is 7.95 Å². The number of methoxy groups -OCH3 is 1. The summed E-state index contributed by atoms with van der Waals surface area (Å²) in [5, 5.41) is 0.751. The van der Waals surface area contributed by atoms with Crippen LogP contribution in [0.2, 0.25) is 0 Å². The van der Waals surface area contributed by atoms with Gasteiger partial charge in [0.15, 0.2) is 7.95 Å². The van der Waals surface area contributed by atoms with Crippen LogP contribution in [0.15, 0.2) is 60.7 Å². The van der Waals surface area contributed by atoms with Crippen LogP contribution in [0.25, 0.3) is 0 Å². The van der Waals surface area contributed by atoms with E-state index in [4.69, 9.17) is 4.74 Å². The Morgan fingerprint density at radius 2 is 1.65 bits per heavy atom. The molecule has 5 heteroatoms. The van der Waals surface area contributed by atoms with E-state index in [9.17, 15) is 9.36 Å². The summed E-state index contributed by atoms with van der Waals surface area (Å²) >= 11 is 0. The van der Waals surface area contributed by atoms with Crippen LogP contribution in [-0.2, 0) is 20.5 Å². The lowest BCUT2D eigenvalue weighted by atomic mass is 10.1. The van der Waals surface area contributed by atoms with Gasteiger partial charge in [-0.2, -0.15) is 0 Å². The average molecular weight is 331 g/mol. The molecule has 0 bridgehead atoms. The third-order valence-electron chi connectivity index (χ3n) is 3.78. The molecule has 0 heterocycles. The minimum atomic E-state index is -2.25. The molecule has 4 nitrogen and oxygen atoms in total. The number of carbonyl (C=O) groups is 1. The standard InChI is InChI=1S/C18H22NO3P/c1-15(18(20)22-2)19(14-13-16-9-5-3-6-10-16)23(21)17-11-7-4-8-12-17/h3-12,15,23H,13-14H2,1-2H3. The maximum Gasteiger partial charge on any atom is 0.323 e. The summed E-state index contributed by atoms with van der Waals surface area (Å²) in [6.45, 7) is 2.27. The highest BCUT2D eigenvalue weighted by molar-refractivity contribution is 7.51. The van der Waals surface area contributed by atoms with Crippen molar-refractivity contribution in [2.24, 2.45) is 0 Å². The predicted octanol–water partition coefficient (Wildman–Crippen LogP) is 2.89. The molecule has 0 aliphatic carbocycles. The molecule has 0 aliphatic heterocycles. The molecule has 2 unspecified atom stereocenters. The molecule has 2 rings (SSSR count). The second kappa shape index (κ2) is 8.66. The van der Waals surface area contributed by atoms with E-state index >= 15 is 0 Å². The van der Waals surface area contributed by atoms with Crippen molar-refractivity contribution in [3.63, 3.8) is 0 Å². The first-order valence-corrected chi connectivity index (χ1v) is 8.97. The number of carbonyl (C=O) groups excluding carboxylic acids is 1. The van der Waals surface area contributed by atoms with Gasteiger partial charge < -0.3 is 9.30 Å². The fourth-order valence-corrected chi connectivity index (χ4v) is 3.99. The predicted molar refractivity (Wildman–Crippen MR) is 93.4 cm³/mol. The number of hydrogen-bond acceptors (Lipinski definition) is 3. The first kappa shape index (κ1) is 17.5. The average Bonchev–Trinajstić information content (AvgIpc) is 2.62. The fraction of sp³-hybridized carbons (Fsp3) is 0.278. The first-order chi connectivity index (χ1) is 11.1. The first-order valence-electron chi connectivity index (χ1n) is 7.61. The van der Waals surface area contributed by atoms with E-state index < -0.39 is 14.0 Å². The van der Waals surface area contributed by atoms with Gasteiger partial charge >= 0.3 is 5.97 Å². The molecule has 0 saturated heterocycles. The number of esters is 1. The zero-order valence-corrected chi connectivity index (χ0v) is 14.4. The number of benzene rings is 2. The van der Waals surface area contributed by atoms with Crippen molar-refractivity contribution >= 4 is 19.2 Å². The molecule has 0 amide bonds. The maximum absolute atomic E-state index is 12.9. The summed E-state index contributed by atoms with van der Waals surface area (Å²) in [6.07, 6.45) is 0.728. The summed E-state index contributed by atoms with van der Waals surface area (Å²) in [7, 11) is -0.891. The van der Waals surface area contributed by atoms with Gasteiger partial charge in [0.25, 0.3) is 0 Å². The normalized spacial score (nSPS) is 13.5. The Bertz CT molecular complexity index is 646. The molecular weight excluding hydrogens is 309 g/mol. The summed E-state index contributed by atoms with van der Waals surface area (Å²) in [5.74, 6) is -0.368. The molecule has 2 atom stereocenters. The Balaban J connectivity index is 2.17.